The molecule has 10 heteroatoms. The van der Waals surface area contributed by atoms with E-state index in [1.807, 2.05) is 35.9 Å². The summed E-state index contributed by atoms with van der Waals surface area (Å²) >= 11 is 3.53. The predicted molar refractivity (Wildman–Crippen MR) is 152 cm³/mol. The summed E-state index contributed by atoms with van der Waals surface area (Å²) in [5.41, 5.74) is 4.96. The van der Waals surface area contributed by atoms with Crippen LogP contribution in [0.1, 0.15) is 13.3 Å². The first-order valence-corrected chi connectivity index (χ1v) is 12.7. The van der Waals surface area contributed by atoms with Crippen LogP contribution in [0.25, 0.3) is 33.4 Å². The molecule has 3 heterocycles. The molecular weight excluding hydrogens is 550 g/mol. The van der Waals surface area contributed by atoms with E-state index in [4.69, 9.17) is 15.0 Å². The number of carbonyl (C=O) groups is 1. The number of benzene rings is 2. The summed E-state index contributed by atoms with van der Waals surface area (Å²) in [6.07, 6.45) is 3.84. The monoisotopic (exact) mass is 574 g/mol. The van der Waals surface area contributed by atoms with Crippen molar-refractivity contribution in [3.8, 4) is 22.4 Å². The molecule has 7 nitrogen and oxygen atoms in total. The fourth-order valence-electron chi connectivity index (χ4n) is 4.01. The number of rotatable bonds is 5. The molecule has 0 spiro atoms. The number of amides is 1. The Labute approximate surface area is 228 Å². The van der Waals surface area contributed by atoms with Gasteiger partial charge in [0.05, 0.1) is 10.2 Å². The van der Waals surface area contributed by atoms with Crippen molar-refractivity contribution in [1.82, 2.24) is 14.5 Å². The zero-order valence-corrected chi connectivity index (χ0v) is 22.4. The molecule has 3 N–H and O–H groups in total. The van der Waals surface area contributed by atoms with Gasteiger partial charge in [0.1, 0.15) is 17.3 Å². The molecule has 0 aliphatic rings. The molecule has 0 saturated heterocycles. The highest BCUT2D eigenvalue weighted by Gasteiger charge is 2.21. The minimum absolute atomic E-state index is 0.111. The van der Waals surface area contributed by atoms with Gasteiger partial charge in [0.2, 0.25) is 5.91 Å². The number of hydrogen-bond acceptors (Lipinski definition) is 5. The smallest absolute Gasteiger partial charge is 0.423 e. The molecule has 2 aromatic carbocycles. The minimum Gasteiger partial charge on any atom is -0.423 e. The molecule has 38 heavy (non-hydrogen) atoms. The second-order valence-corrected chi connectivity index (χ2v) is 9.26. The van der Waals surface area contributed by atoms with Gasteiger partial charge in [-0.25, -0.2) is 9.37 Å². The third-order valence-electron chi connectivity index (χ3n) is 5.88. The second kappa shape index (κ2) is 12.1. The first-order valence-electron chi connectivity index (χ1n) is 11.9. The molecule has 0 saturated carbocycles. The Morgan fingerprint density at radius 2 is 1.68 bits per heavy atom. The van der Waals surface area contributed by atoms with Crippen LogP contribution in [0, 0.1) is 5.82 Å². The summed E-state index contributed by atoms with van der Waals surface area (Å²) in [5, 5.41) is 20.9. The van der Waals surface area contributed by atoms with Crippen molar-refractivity contribution in [3.05, 3.63) is 95.5 Å². The van der Waals surface area contributed by atoms with Crippen molar-refractivity contribution < 1.29 is 19.2 Å². The van der Waals surface area contributed by atoms with E-state index in [1.165, 1.54) is 12.1 Å². The van der Waals surface area contributed by atoms with Crippen LogP contribution < -0.4 is 10.8 Å². The van der Waals surface area contributed by atoms with Crippen LogP contribution in [0.2, 0.25) is 0 Å². The van der Waals surface area contributed by atoms with E-state index in [0.29, 0.717) is 27.8 Å². The van der Waals surface area contributed by atoms with Crippen molar-refractivity contribution in [2.75, 3.05) is 5.32 Å². The van der Waals surface area contributed by atoms with E-state index in [-0.39, 0.29) is 11.7 Å². The fraction of sp³-hybridized carbons (Fsp3) is 0.107. The van der Waals surface area contributed by atoms with Crippen LogP contribution in [-0.2, 0) is 11.8 Å². The van der Waals surface area contributed by atoms with Crippen LogP contribution >= 0.6 is 15.9 Å². The highest BCUT2D eigenvalue weighted by Crippen LogP contribution is 2.41. The number of anilines is 1. The predicted octanol–water partition coefficient (Wildman–Crippen LogP) is 4.92. The van der Waals surface area contributed by atoms with Crippen LogP contribution in [0.15, 0.2) is 89.7 Å². The topological polar surface area (TPSA) is 100 Å². The van der Waals surface area contributed by atoms with Crippen molar-refractivity contribution in [3.63, 3.8) is 0 Å². The lowest BCUT2D eigenvalue weighted by molar-refractivity contribution is -0.115. The van der Waals surface area contributed by atoms with E-state index in [1.54, 1.807) is 55.7 Å². The van der Waals surface area contributed by atoms with Crippen molar-refractivity contribution >= 4 is 51.3 Å². The molecule has 5 rings (SSSR count). The lowest BCUT2D eigenvalue weighted by Gasteiger charge is -2.08. The van der Waals surface area contributed by atoms with Gasteiger partial charge in [-0.3, -0.25) is 9.78 Å². The normalized spacial score (nSPS) is 10.6. The van der Waals surface area contributed by atoms with E-state index in [0.717, 1.165) is 27.8 Å². The fourth-order valence-corrected chi connectivity index (χ4v) is 4.43. The van der Waals surface area contributed by atoms with Gasteiger partial charge in [0, 0.05) is 36.8 Å². The number of fused-ring (bicyclic) bond motifs is 1. The first kappa shape index (κ1) is 27.2. The zero-order valence-electron chi connectivity index (χ0n) is 20.8. The largest absolute Gasteiger partial charge is 0.488 e. The number of aromatic nitrogens is 3. The van der Waals surface area contributed by atoms with Crippen molar-refractivity contribution in [2.45, 2.75) is 13.3 Å². The molecule has 0 atom stereocenters. The molecule has 0 aliphatic heterocycles. The van der Waals surface area contributed by atoms with Crippen LogP contribution in [-0.4, -0.2) is 37.6 Å². The van der Waals surface area contributed by atoms with Crippen LogP contribution in [0.4, 0.5) is 10.2 Å². The number of hydrogen-bond donors (Lipinski definition) is 3. The highest BCUT2D eigenvalue weighted by molar-refractivity contribution is 9.10. The average Bonchev–Trinajstić information content (AvgIpc) is 3.21. The van der Waals surface area contributed by atoms with Gasteiger partial charge in [-0.15, -0.1) is 0 Å². The van der Waals surface area contributed by atoms with Gasteiger partial charge in [-0.1, -0.05) is 37.3 Å². The summed E-state index contributed by atoms with van der Waals surface area (Å²) < 4.78 is 16.2. The van der Waals surface area contributed by atoms with Gasteiger partial charge >= 0.3 is 7.12 Å². The van der Waals surface area contributed by atoms with E-state index in [9.17, 15) is 9.18 Å². The van der Waals surface area contributed by atoms with E-state index < -0.39 is 7.12 Å². The van der Waals surface area contributed by atoms with Gasteiger partial charge in [0.25, 0.3) is 0 Å². The second-order valence-electron chi connectivity index (χ2n) is 8.40. The van der Waals surface area contributed by atoms with Crippen molar-refractivity contribution in [1.29, 1.82) is 0 Å². The van der Waals surface area contributed by atoms with Crippen molar-refractivity contribution in [2.24, 2.45) is 7.05 Å². The standard InChI is InChI=1S/C22H18BrFN4O.C6H7BO2/c1-3-18(29)26-21-17(23)12-16-19(13-8-10-25-11-9-13)20(28(2)22(16)27-21)14-4-6-15(24)7-5-14;8-7(9)6-4-2-1-3-5-6/h4-12H,3H2,1-2H3,(H,26,27,29);1-5,8-9H. The number of nitrogens with zero attached hydrogens (tertiary/aromatic N) is 3. The Balaban J connectivity index is 0.000000317. The maximum Gasteiger partial charge on any atom is 0.488 e. The minimum atomic E-state index is -1.34. The number of pyridine rings is 2. The van der Waals surface area contributed by atoms with Gasteiger partial charge < -0.3 is 19.9 Å². The van der Waals surface area contributed by atoms with E-state index >= 15 is 0 Å². The summed E-state index contributed by atoms with van der Waals surface area (Å²) in [6.45, 7) is 1.79. The summed E-state index contributed by atoms with van der Waals surface area (Å²) in [5.74, 6) is 0.0696. The number of carbonyl (C=O) groups excluding carboxylic acids is 1. The molecule has 5 aromatic rings. The maximum absolute atomic E-state index is 13.5. The molecule has 192 valence electrons. The number of nitrogens with one attached hydrogen (secondary N) is 1. The molecule has 0 unspecified atom stereocenters. The van der Waals surface area contributed by atoms with E-state index in [2.05, 4.69) is 26.2 Å². The average molecular weight is 575 g/mol. The molecule has 1 amide bonds. The summed E-state index contributed by atoms with van der Waals surface area (Å²) in [7, 11) is 0.573. The molecule has 0 fully saturated rings. The number of aryl methyl sites for hydroxylation is 1. The quantitative estimate of drug-likeness (QED) is 0.259. The SMILES string of the molecule is CCC(=O)Nc1nc2c(cc1Br)c(-c1ccncc1)c(-c1ccc(F)cc1)n2C.OB(O)c1ccccc1. The maximum atomic E-state index is 13.5. The van der Waals surface area contributed by atoms with Crippen LogP contribution in [0.3, 0.4) is 0 Å². The molecular formula is C28H25BBrFN4O3. The van der Waals surface area contributed by atoms with Gasteiger partial charge in [0.15, 0.2) is 0 Å². The molecule has 0 aliphatic carbocycles. The van der Waals surface area contributed by atoms with Gasteiger partial charge in [-0.2, -0.15) is 0 Å². The third kappa shape index (κ3) is 5.99. The summed E-state index contributed by atoms with van der Waals surface area (Å²) in [4.78, 5) is 20.7. The molecule has 3 aromatic heterocycles. The third-order valence-corrected chi connectivity index (χ3v) is 6.48. The summed E-state index contributed by atoms with van der Waals surface area (Å²) in [6, 6.07) is 20.9. The van der Waals surface area contributed by atoms with Gasteiger partial charge in [-0.05, 0) is 75.0 Å². The lowest BCUT2D eigenvalue weighted by Crippen LogP contribution is -2.29. The Morgan fingerprint density at radius 3 is 2.26 bits per heavy atom. The Morgan fingerprint density at radius 1 is 1.03 bits per heavy atom. The Hall–Kier alpha value is -3.86. The van der Waals surface area contributed by atoms with Crippen LogP contribution in [0.5, 0.6) is 0 Å². The lowest BCUT2D eigenvalue weighted by atomic mass is 9.81. The molecule has 0 bridgehead atoms. The number of halogens is 2. The Kier molecular flexibility index (Phi) is 8.68. The molecule has 0 radical (unpaired) electrons. The first-order chi connectivity index (χ1) is 18.3. The highest BCUT2D eigenvalue weighted by atomic mass is 79.9. The Bertz CT molecular complexity index is 1550. The zero-order chi connectivity index (χ0) is 27.2.